The van der Waals surface area contributed by atoms with Crippen LogP contribution < -0.4 is 0 Å². The van der Waals surface area contributed by atoms with Gasteiger partial charge in [0.25, 0.3) is 0 Å². The summed E-state index contributed by atoms with van der Waals surface area (Å²) < 4.78 is 8.64. The minimum absolute atomic E-state index is 0.114. The van der Waals surface area contributed by atoms with Crippen LogP contribution >= 0.6 is 15.9 Å². The molecule has 2 heterocycles. The number of rotatable bonds is 2. The van der Waals surface area contributed by atoms with E-state index in [0.29, 0.717) is 0 Å². The highest BCUT2D eigenvalue weighted by Gasteiger charge is 2.23. The fourth-order valence-electron chi connectivity index (χ4n) is 1.56. The van der Waals surface area contributed by atoms with Gasteiger partial charge in [0.05, 0.1) is 29.5 Å². The number of hydrogen-bond donors (Lipinski definition) is 0. The van der Waals surface area contributed by atoms with E-state index in [1.807, 2.05) is 17.0 Å². The highest BCUT2D eigenvalue weighted by atomic mass is 79.9. The average Bonchev–Trinajstić information content (AvgIpc) is 2.50. The van der Waals surface area contributed by atoms with E-state index in [2.05, 4.69) is 27.6 Å². The van der Waals surface area contributed by atoms with Crippen LogP contribution in [-0.2, 0) is 11.3 Å². The van der Waals surface area contributed by atoms with Crippen LogP contribution in [-0.4, -0.2) is 16.4 Å². The monoisotopic (exact) mass is 242 g/mol. The smallest absolute Gasteiger partial charge is 0.104 e. The van der Waals surface area contributed by atoms with Crippen LogP contribution in [0.15, 0.2) is 23.3 Å². The quantitative estimate of drug-likeness (QED) is 0.745. The molecule has 3 nitrogen and oxygen atoms in total. The lowest BCUT2D eigenvalue weighted by Gasteiger charge is -2.23. The summed E-state index contributed by atoms with van der Waals surface area (Å²) in [6, 6.07) is 0. The van der Waals surface area contributed by atoms with E-state index in [-0.39, 0.29) is 6.10 Å². The number of halogens is 1. The van der Waals surface area contributed by atoms with Crippen LogP contribution in [0.1, 0.15) is 18.2 Å². The predicted molar refractivity (Wildman–Crippen MR) is 53.4 cm³/mol. The summed E-state index contributed by atoms with van der Waals surface area (Å²) in [5.41, 5.74) is 1.13. The van der Waals surface area contributed by atoms with Gasteiger partial charge in [0.2, 0.25) is 0 Å². The Bertz CT molecular complexity index is 321. The van der Waals surface area contributed by atoms with Gasteiger partial charge >= 0.3 is 0 Å². The van der Waals surface area contributed by atoms with E-state index in [1.54, 1.807) is 0 Å². The molecule has 0 radical (unpaired) electrons. The highest BCUT2D eigenvalue weighted by Crippen LogP contribution is 2.31. The zero-order valence-corrected chi connectivity index (χ0v) is 8.83. The number of hydrogen-bond acceptors (Lipinski definition) is 2. The Morgan fingerprint density at radius 1 is 1.85 bits per heavy atom. The molecule has 0 N–H and O–H groups in total. The number of ether oxygens (including phenoxy) is 1. The molecular weight excluding hydrogens is 232 g/mol. The van der Waals surface area contributed by atoms with Crippen LogP contribution in [0, 0.1) is 0 Å². The summed E-state index contributed by atoms with van der Waals surface area (Å²) in [5, 5.41) is 4.24. The van der Waals surface area contributed by atoms with Crippen LogP contribution in [0.3, 0.4) is 0 Å². The maximum Gasteiger partial charge on any atom is 0.104 e. The van der Waals surface area contributed by atoms with Crippen molar-refractivity contribution in [1.29, 1.82) is 0 Å². The van der Waals surface area contributed by atoms with Crippen LogP contribution in [0.5, 0.6) is 0 Å². The molecule has 0 fully saturated rings. The summed E-state index contributed by atoms with van der Waals surface area (Å²) in [4.78, 5) is 0. The Morgan fingerprint density at radius 3 is 3.46 bits per heavy atom. The van der Waals surface area contributed by atoms with Gasteiger partial charge in [-0.2, -0.15) is 5.10 Å². The molecule has 13 heavy (non-hydrogen) atoms. The van der Waals surface area contributed by atoms with E-state index in [4.69, 9.17) is 4.74 Å². The Kier molecular flexibility index (Phi) is 2.51. The fraction of sp³-hybridized carbons (Fsp3) is 0.444. The predicted octanol–water partition coefficient (Wildman–Crippen LogP) is 2.29. The van der Waals surface area contributed by atoms with Gasteiger partial charge in [-0.25, -0.2) is 0 Å². The maximum atomic E-state index is 5.62. The molecule has 4 heteroatoms. The Labute approximate surface area is 85.5 Å². The molecule has 70 valence electrons. The SMILES string of the molecule is C=CCC1OCCn2ncc(Br)c21. The second-order valence-electron chi connectivity index (χ2n) is 2.98. The second kappa shape index (κ2) is 3.64. The zero-order valence-electron chi connectivity index (χ0n) is 7.24. The van der Waals surface area contributed by atoms with Gasteiger partial charge in [-0.15, -0.1) is 6.58 Å². The first-order chi connectivity index (χ1) is 6.33. The van der Waals surface area contributed by atoms with Crippen LogP contribution in [0.25, 0.3) is 0 Å². The van der Waals surface area contributed by atoms with Gasteiger partial charge in [-0.3, -0.25) is 4.68 Å². The average molecular weight is 243 g/mol. The Hall–Kier alpha value is -0.610. The van der Waals surface area contributed by atoms with E-state index in [9.17, 15) is 0 Å². The number of aromatic nitrogens is 2. The van der Waals surface area contributed by atoms with Crippen molar-refractivity contribution in [3.05, 3.63) is 29.0 Å². The molecule has 0 aliphatic carbocycles. The van der Waals surface area contributed by atoms with Crippen molar-refractivity contribution in [2.75, 3.05) is 6.61 Å². The minimum atomic E-state index is 0.114. The molecule has 2 rings (SSSR count). The lowest BCUT2D eigenvalue weighted by atomic mass is 10.1. The maximum absolute atomic E-state index is 5.62. The van der Waals surface area contributed by atoms with Gasteiger partial charge in [-0.1, -0.05) is 6.08 Å². The molecule has 1 aliphatic heterocycles. The van der Waals surface area contributed by atoms with E-state index < -0.39 is 0 Å². The molecule has 0 aromatic carbocycles. The molecule has 1 unspecified atom stereocenters. The van der Waals surface area contributed by atoms with Crippen molar-refractivity contribution >= 4 is 15.9 Å². The van der Waals surface area contributed by atoms with E-state index >= 15 is 0 Å². The van der Waals surface area contributed by atoms with Crippen molar-refractivity contribution in [2.45, 2.75) is 19.1 Å². The van der Waals surface area contributed by atoms with Gasteiger partial charge in [-0.05, 0) is 22.4 Å². The number of nitrogens with zero attached hydrogens (tertiary/aromatic N) is 2. The van der Waals surface area contributed by atoms with Gasteiger partial charge in [0.15, 0.2) is 0 Å². The van der Waals surface area contributed by atoms with Crippen molar-refractivity contribution in [1.82, 2.24) is 9.78 Å². The Morgan fingerprint density at radius 2 is 2.69 bits per heavy atom. The fourth-order valence-corrected chi connectivity index (χ4v) is 2.11. The number of fused-ring (bicyclic) bond motifs is 1. The summed E-state index contributed by atoms with van der Waals surface area (Å²) in [6.07, 6.45) is 4.65. The summed E-state index contributed by atoms with van der Waals surface area (Å²) in [5.74, 6) is 0. The van der Waals surface area contributed by atoms with Crippen molar-refractivity contribution in [2.24, 2.45) is 0 Å². The molecule has 1 aromatic rings. The highest BCUT2D eigenvalue weighted by molar-refractivity contribution is 9.10. The summed E-state index contributed by atoms with van der Waals surface area (Å²) >= 11 is 3.46. The second-order valence-corrected chi connectivity index (χ2v) is 3.84. The molecule has 0 spiro atoms. The Balaban J connectivity index is 2.34. The van der Waals surface area contributed by atoms with Crippen molar-refractivity contribution < 1.29 is 4.74 Å². The van der Waals surface area contributed by atoms with Gasteiger partial charge in [0.1, 0.15) is 6.10 Å². The normalized spacial score (nSPS) is 21.2. The third kappa shape index (κ3) is 1.56. The van der Waals surface area contributed by atoms with Crippen LogP contribution in [0.2, 0.25) is 0 Å². The molecule has 0 bridgehead atoms. The molecule has 0 amide bonds. The molecule has 1 aliphatic rings. The molecular formula is C9H11BrN2O. The molecule has 0 saturated carbocycles. The van der Waals surface area contributed by atoms with E-state index in [1.165, 1.54) is 0 Å². The first-order valence-electron chi connectivity index (χ1n) is 4.26. The third-order valence-corrected chi connectivity index (χ3v) is 2.75. The third-order valence-electron chi connectivity index (χ3n) is 2.14. The summed E-state index contributed by atoms with van der Waals surface area (Å²) in [6.45, 7) is 5.29. The molecule has 0 saturated heterocycles. The lowest BCUT2D eigenvalue weighted by Crippen LogP contribution is -2.22. The lowest BCUT2D eigenvalue weighted by molar-refractivity contribution is 0.0182. The molecule has 1 atom stereocenters. The van der Waals surface area contributed by atoms with Gasteiger partial charge in [0, 0.05) is 0 Å². The van der Waals surface area contributed by atoms with Crippen LogP contribution in [0.4, 0.5) is 0 Å². The van der Waals surface area contributed by atoms with Gasteiger partial charge < -0.3 is 4.74 Å². The topological polar surface area (TPSA) is 27.1 Å². The van der Waals surface area contributed by atoms with Crippen molar-refractivity contribution in [3.8, 4) is 0 Å². The largest absolute Gasteiger partial charge is 0.370 e. The van der Waals surface area contributed by atoms with Crippen molar-refractivity contribution in [3.63, 3.8) is 0 Å². The first kappa shape index (κ1) is 8.97. The van der Waals surface area contributed by atoms with E-state index in [0.717, 1.165) is 29.7 Å². The molecule has 1 aromatic heterocycles. The standard InChI is InChI=1S/C9H11BrN2O/c1-2-3-8-9-7(10)6-11-12(9)4-5-13-8/h2,6,8H,1,3-5H2. The summed E-state index contributed by atoms with van der Waals surface area (Å²) in [7, 11) is 0. The first-order valence-corrected chi connectivity index (χ1v) is 5.06. The zero-order chi connectivity index (χ0) is 9.26. The minimum Gasteiger partial charge on any atom is -0.370 e.